The van der Waals surface area contributed by atoms with Crippen molar-refractivity contribution < 1.29 is 24.2 Å². The van der Waals surface area contributed by atoms with Crippen molar-refractivity contribution in [3.8, 4) is 0 Å². The highest BCUT2D eigenvalue weighted by atomic mass is 16.5. The molecule has 2 aliphatic heterocycles. The van der Waals surface area contributed by atoms with Crippen LogP contribution in [-0.2, 0) is 14.3 Å². The number of amides is 3. The van der Waals surface area contributed by atoms with Crippen LogP contribution in [0.3, 0.4) is 0 Å². The van der Waals surface area contributed by atoms with Gasteiger partial charge >= 0.3 is 12.0 Å². The summed E-state index contributed by atoms with van der Waals surface area (Å²) in [6.07, 6.45) is 1.37. The summed E-state index contributed by atoms with van der Waals surface area (Å²) < 4.78 is 5.12. The highest BCUT2D eigenvalue weighted by molar-refractivity contribution is 5.80. The molecule has 2 heterocycles. The van der Waals surface area contributed by atoms with Gasteiger partial charge in [-0.2, -0.15) is 0 Å². The number of nitrogens with two attached hydrogens (primary N) is 1. The van der Waals surface area contributed by atoms with E-state index < -0.39 is 23.8 Å². The number of carbonyl (C=O) groups excluding carboxylic acids is 2. The van der Waals surface area contributed by atoms with E-state index in [2.05, 4.69) is 5.32 Å². The second-order valence-electron chi connectivity index (χ2n) is 5.72. The molecule has 0 aromatic heterocycles. The third-order valence-electron chi connectivity index (χ3n) is 4.25. The van der Waals surface area contributed by atoms with Crippen molar-refractivity contribution in [1.82, 2.24) is 10.2 Å². The van der Waals surface area contributed by atoms with Gasteiger partial charge in [0, 0.05) is 12.6 Å². The molecule has 8 heteroatoms. The van der Waals surface area contributed by atoms with Crippen LogP contribution in [0, 0.1) is 11.8 Å². The molecule has 0 aliphatic carbocycles. The average Bonchev–Trinajstić information content (AvgIpc) is 2.87. The van der Waals surface area contributed by atoms with E-state index in [0.717, 1.165) is 0 Å². The van der Waals surface area contributed by atoms with Crippen LogP contribution in [-0.4, -0.2) is 59.8 Å². The summed E-state index contributed by atoms with van der Waals surface area (Å²) in [7, 11) is 0. The van der Waals surface area contributed by atoms with E-state index in [1.54, 1.807) is 4.90 Å². The molecular formula is C13H21N3O5. The number of nitrogens with one attached hydrogen (secondary N) is 1. The number of hydrogen-bond acceptors (Lipinski definition) is 4. The number of carbonyl (C=O) groups is 3. The van der Waals surface area contributed by atoms with Gasteiger partial charge in [0.2, 0.25) is 5.91 Å². The number of carboxylic acid groups (broad SMARTS) is 1. The minimum atomic E-state index is -0.987. The fourth-order valence-corrected chi connectivity index (χ4v) is 2.80. The molecule has 2 aliphatic rings. The number of carboxylic acids is 1. The molecule has 0 bridgehead atoms. The highest BCUT2D eigenvalue weighted by Gasteiger charge is 2.38. The van der Waals surface area contributed by atoms with E-state index in [4.69, 9.17) is 15.6 Å². The lowest BCUT2D eigenvalue weighted by Crippen LogP contribution is -2.55. The molecule has 0 saturated carbocycles. The summed E-state index contributed by atoms with van der Waals surface area (Å²) >= 11 is 0. The first-order valence-corrected chi connectivity index (χ1v) is 7.07. The van der Waals surface area contributed by atoms with Crippen LogP contribution in [0.15, 0.2) is 0 Å². The monoisotopic (exact) mass is 299 g/mol. The van der Waals surface area contributed by atoms with Crippen LogP contribution >= 0.6 is 0 Å². The molecule has 2 saturated heterocycles. The summed E-state index contributed by atoms with van der Waals surface area (Å²) in [5.41, 5.74) is 5.31. The van der Waals surface area contributed by atoms with Crippen LogP contribution in [0.1, 0.15) is 19.8 Å². The molecule has 118 valence electrons. The zero-order chi connectivity index (χ0) is 15.6. The van der Waals surface area contributed by atoms with Crippen molar-refractivity contribution in [2.24, 2.45) is 17.6 Å². The van der Waals surface area contributed by atoms with Gasteiger partial charge in [0.05, 0.1) is 25.2 Å². The number of urea groups is 1. The SMILES string of the molecule is CC1CCC(C(N)=O)CN1C(=O)NC1COCC1C(=O)O. The lowest BCUT2D eigenvalue weighted by molar-refractivity contribution is -0.142. The van der Waals surface area contributed by atoms with Crippen molar-refractivity contribution in [1.29, 1.82) is 0 Å². The van der Waals surface area contributed by atoms with Crippen LogP contribution in [0.2, 0.25) is 0 Å². The minimum absolute atomic E-state index is 0.00815. The van der Waals surface area contributed by atoms with Gasteiger partial charge in [0.1, 0.15) is 5.92 Å². The summed E-state index contributed by atoms with van der Waals surface area (Å²) in [5.74, 6) is -2.48. The minimum Gasteiger partial charge on any atom is -0.481 e. The van der Waals surface area contributed by atoms with Gasteiger partial charge in [-0.05, 0) is 19.8 Å². The third-order valence-corrected chi connectivity index (χ3v) is 4.25. The van der Waals surface area contributed by atoms with Crippen LogP contribution < -0.4 is 11.1 Å². The predicted octanol–water partition coefficient (Wildman–Crippen LogP) is -0.619. The van der Waals surface area contributed by atoms with E-state index in [-0.39, 0.29) is 37.7 Å². The number of aliphatic carboxylic acids is 1. The van der Waals surface area contributed by atoms with E-state index in [9.17, 15) is 14.4 Å². The van der Waals surface area contributed by atoms with Crippen molar-refractivity contribution in [3.05, 3.63) is 0 Å². The maximum Gasteiger partial charge on any atom is 0.317 e. The lowest BCUT2D eigenvalue weighted by Gasteiger charge is -2.37. The Morgan fingerprint density at radius 1 is 1.29 bits per heavy atom. The molecule has 2 fully saturated rings. The van der Waals surface area contributed by atoms with Crippen molar-refractivity contribution >= 4 is 17.9 Å². The van der Waals surface area contributed by atoms with Gasteiger partial charge in [-0.1, -0.05) is 0 Å². The second kappa shape index (κ2) is 6.30. The molecule has 0 radical (unpaired) electrons. The summed E-state index contributed by atoms with van der Waals surface area (Å²) in [6, 6.07) is -0.919. The lowest BCUT2D eigenvalue weighted by atomic mass is 9.93. The van der Waals surface area contributed by atoms with Crippen molar-refractivity contribution in [2.45, 2.75) is 31.8 Å². The zero-order valence-electron chi connectivity index (χ0n) is 11.9. The van der Waals surface area contributed by atoms with Crippen molar-refractivity contribution in [2.75, 3.05) is 19.8 Å². The van der Waals surface area contributed by atoms with E-state index in [1.165, 1.54) is 0 Å². The summed E-state index contributed by atoms with van der Waals surface area (Å²) in [4.78, 5) is 36.2. The van der Waals surface area contributed by atoms with Gasteiger partial charge in [-0.25, -0.2) is 4.79 Å². The first-order chi connectivity index (χ1) is 9.90. The average molecular weight is 299 g/mol. The number of primary amides is 1. The first-order valence-electron chi connectivity index (χ1n) is 7.07. The quantitative estimate of drug-likeness (QED) is 0.641. The van der Waals surface area contributed by atoms with Gasteiger partial charge in [0.25, 0.3) is 0 Å². The summed E-state index contributed by atoms with van der Waals surface area (Å²) in [5, 5.41) is 11.8. The Balaban J connectivity index is 1.98. The standard InChI is InChI=1S/C13H21N3O5/c1-7-2-3-8(11(14)17)4-16(7)13(20)15-10-6-21-5-9(10)12(18)19/h7-10H,2-6H2,1H3,(H2,14,17)(H,15,20)(H,18,19). The Bertz CT molecular complexity index is 442. The molecule has 3 amide bonds. The van der Waals surface area contributed by atoms with Crippen molar-refractivity contribution in [3.63, 3.8) is 0 Å². The van der Waals surface area contributed by atoms with Gasteiger partial charge in [-0.15, -0.1) is 0 Å². The number of hydrogen-bond donors (Lipinski definition) is 3. The van der Waals surface area contributed by atoms with E-state index >= 15 is 0 Å². The van der Waals surface area contributed by atoms with E-state index in [1.807, 2.05) is 6.92 Å². The van der Waals surface area contributed by atoms with E-state index in [0.29, 0.717) is 12.8 Å². The molecule has 0 aromatic rings. The Morgan fingerprint density at radius 3 is 2.62 bits per heavy atom. The first kappa shape index (κ1) is 15.6. The topological polar surface area (TPSA) is 122 Å². The Labute approximate surface area is 122 Å². The number of piperidine rings is 1. The van der Waals surface area contributed by atoms with Crippen LogP contribution in [0.5, 0.6) is 0 Å². The highest BCUT2D eigenvalue weighted by Crippen LogP contribution is 2.22. The van der Waals surface area contributed by atoms with Gasteiger partial charge in [0.15, 0.2) is 0 Å². The smallest absolute Gasteiger partial charge is 0.317 e. The Morgan fingerprint density at radius 2 is 2.00 bits per heavy atom. The normalized spacial score (nSPS) is 32.7. The fourth-order valence-electron chi connectivity index (χ4n) is 2.80. The predicted molar refractivity (Wildman–Crippen MR) is 72.4 cm³/mol. The van der Waals surface area contributed by atoms with Crippen LogP contribution in [0.4, 0.5) is 4.79 Å². The number of likely N-dealkylation sites (tertiary alicyclic amines) is 1. The molecule has 2 rings (SSSR count). The number of rotatable bonds is 3. The molecule has 4 N–H and O–H groups in total. The third kappa shape index (κ3) is 3.44. The maximum atomic E-state index is 12.3. The molecular weight excluding hydrogens is 278 g/mol. The van der Waals surface area contributed by atoms with Crippen LogP contribution in [0.25, 0.3) is 0 Å². The Kier molecular flexibility index (Phi) is 4.66. The number of nitrogens with zero attached hydrogens (tertiary/aromatic N) is 1. The summed E-state index contributed by atoms with van der Waals surface area (Å²) in [6.45, 7) is 2.45. The zero-order valence-corrected chi connectivity index (χ0v) is 11.9. The second-order valence-corrected chi connectivity index (χ2v) is 5.72. The molecule has 4 unspecified atom stereocenters. The maximum absolute atomic E-state index is 12.3. The largest absolute Gasteiger partial charge is 0.481 e. The fraction of sp³-hybridized carbons (Fsp3) is 0.769. The molecule has 0 spiro atoms. The van der Waals surface area contributed by atoms with Gasteiger partial charge < -0.3 is 25.8 Å². The Hall–Kier alpha value is -1.83. The van der Waals surface area contributed by atoms with Gasteiger partial charge in [-0.3, -0.25) is 9.59 Å². The molecule has 0 aromatic carbocycles. The molecule has 21 heavy (non-hydrogen) atoms. The number of ether oxygens (including phenoxy) is 1. The molecule has 4 atom stereocenters. The molecule has 8 nitrogen and oxygen atoms in total.